The van der Waals surface area contributed by atoms with Gasteiger partial charge in [0.25, 0.3) is 0 Å². The quantitative estimate of drug-likeness (QED) is 0.530. The molecular weight excluding hydrogens is 402 g/mol. The van der Waals surface area contributed by atoms with Gasteiger partial charge in [-0.05, 0) is 56.4 Å². The van der Waals surface area contributed by atoms with Crippen LogP contribution in [-0.4, -0.2) is 66.6 Å². The second-order valence-corrected chi connectivity index (χ2v) is 8.90. The van der Waals surface area contributed by atoms with Crippen LogP contribution in [0.2, 0.25) is 0 Å². The SMILES string of the molecule is CCNC(=NCC1(c2ccc(OCC)cc2)CCOCC1)N1CCC(c2cnn(C)c2)C1. The zero-order chi connectivity index (χ0) is 22.4. The van der Waals surface area contributed by atoms with Gasteiger partial charge in [0.15, 0.2) is 5.96 Å². The number of likely N-dealkylation sites (tertiary alicyclic amines) is 1. The molecule has 7 nitrogen and oxygen atoms in total. The van der Waals surface area contributed by atoms with E-state index in [9.17, 15) is 0 Å². The molecule has 0 saturated carbocycles. The lowest BCUT2D eigenvalue weighted by molar-refractivity contribution is 0.0530. The number of hydrogen-bond acceptors (Lipinski definition) is 4. The van der Waals surface area contributed by atoms with Gasteiger partial charge < -0.3 is 19.7 Å². The van der Waals surface area contributed by atoms with E-state index < -0.39 is 0 Å². The molecule has 1 N–H and O–H groups in total. The first-order chi connectivity index (χ1) is 15.6. The first-order valence-corrected chi connectivity index (χ1v) is 12.0. The van der Waals surface area contributed by atoms with Crippen molar-refractivity contribution in [1.82, 2.24) is 20.0 Å². The van der Waals surface area contributed by atoms with Crippen LogP contribution in [-0.2, 0) is 17.2 Å². The van der Waals surface area contributed by atoms with E-state index in [4.69, 9.17) is 14.5 Å². The smallest absolute Gasteiger partial charge is 0.193 e. The van der Waals surface area contributed by atoms with E-state index in [-0.39, 0.29) is 5.41 Å². The van der Waals surface area contributed by atoms with E-state index in [1.54, 1.807) is 0 Å². The second-order valence-electron chi connectivity index (χ2n) is 8.90. The third kappa shape index (κ3) is 5.09. The number of benzene rings is 1. The molecule has 2 fully saturated rings. The fourth-order valence-electron chi connectivity index (χ4n) is 4.90. The molecule has 1 atom stereocenters. The molecule has 174 valence electrons. The van der Waals surface area contributed by atoms with E-state index in [1.165, 1.54) is 11.1 Å². The normalized spacial score (nSPS) is 21.0. The molecule has 2 aromatic rings. The summed E-state index contributed by atoms with van der Waals surface area (Å²) in [6.45, 7) is 10.0. The minimum atomic E-state index is 0.00609. The summed E-state index contributed by atoms with van der Waals surface area (Å²) in [7, 11) is 1.98. The number of aryl methyl sites for hydroxylation is 1. The van der Waals surface area contributed by atoms with Crippen molar-refractivity contribution < 1.29 is 9.47 Å². The lowest BCUT2D eigenvalue weighted by Gasteiger charge is -2.37. The lowest BCUT2D eigenvalue weighted by Crippen LogP contribution is -2.42. The minimum absolute atomic E-state index is 0.00609. The highest BCUT2D eigenvalue weighted by molar-refractivity contribution is 5.80. The summed E-state index contributed by atoms with van der Waals surface area (Å²) in [5, 5.41) is 7.90. The highest BCUT2D eigenvalue weighted by atomic mass is 16.5. The monoisotopic (exact) mass is 439 g/mol. The van der Waals surface area contributed by atoms with Crippen LogP contribution < -0.4 is 10.1 Å². The highest BCUT2D eigenvalue weighted by Gasteiger charge is 2.35. The van der Waals surface area contributed by atoms with Crippen LogP contribution in [0.25, 0.3) is 0 Å². The van der Waals surface area contributed by atoms with Crippen molar-refractivity contribution in [3.05, 3.63) is 47.8 Å². The maximum atomic E-state index is 5.72. The molecule has 0 amide bonds. The average molecular weight is 440 g/mol. The maximum Gasteiger partial charge on any atom is 0.193 e. The third-order valence-electron chi connectivity index (χ3n) is 6.78. The number of ether oxygens (including phenoxy) is 2. The van der Waals surface area contributed by atoms with E-state index >= 15 is 0 Å². The van der Waals surface area contributed by atoms with Gasteiger partial charge in [0.1, 0.15) is 5.75 Å². The van der Waals surface area contributed by atoms with Crippen molar-refractivity contribution in [3.63, 3.8) is 0 Å². The van der Waals surface area contributed by atoms with Gasteiger partial charge in [-0.1, -0.05) is 12.1 Å². The number of aliphatic imine (C=N–C) groups is 1. The van der Waals surface area contributed by atoms with E-state index in [0.29, 0.717) is 12.5 Å². The molecular formula is C25H37N5O2. The van der Waals surface area contributed by atoms with Crippen LogP contribution in [0, 0.1) is 0 Å². The molecule has 0 aliphatic carbocycles. The van der Waals surface area contributed by atoms with Crippen molar-refractivity contribution in [2.45, 2.75) is 44.4 Å². The molecule has 32 heavy (non-hydrogen) atoms. The Morgan fingerprint density at radius 2 is 2.03 bits per heavy atom. The van der Waals surface area contributed by atoms with Crippen LogP contribution in [0.3, 0.4) is 0 Å². The van der Waals surface area contributed by atoms with Gasteiger partial charge in [0, 0.05) is 57.4 Å². The fourth-order valence-corrected chi connectivity index (χ4v) is 4.90. The second kappa shape index (κ2) is 10.4. The summed E-state index contributed by atoms with van der Waals surface area (Å²) < 4.78 is 13.3. The van der Waals surface area contributed by atoms with Crippen LogP contribution in [0.1, 0.15) is 50.2 Å². The van der Waals surface area contributed by atoms with E-state index in [1.807, 2.05) is 24.9 Å². The van der Waals surface area contributed by atoms with Crippen molar-refractivity contribution >= 4 is 5.96 Å². The molecule has 1 aromatic carbocycles. The molecule has 2 aliphatic rings. The zero-order valence-electron chi connectivity index (χ0n) is 19.7. The van der Waals surface area contributed by atoms with Gasteiger partial charge in [-0.2, -0.15) is 5.10 Å². The molecule has 2 saturated heterocycles. The molecule has 0 spiro atoms. The van der Waals surface area contributed by atoms with Gasteiger partial charge >= 0.3 is 0 Å². The Hall–Kier alpha value is -2.54. The molecule has 1 aromatic heterocycles. The Morgan fingerprint density at radius 3 is 2.69 bits per heavy atom. The van der Waals surface area contributed by atoms with Crippen molar-refractivity contribution in [2.75, 3.05) is 46.0 Å². The lowest BCUT2D eigenvalue weighted by atomic mass is 9.74. The number of nitrogens with zero attached hydrogens (tertiary/aromatic N) is 4. The Labute approximate surface area is 191 Å². The van der Waals surface area contributed by atoms with Crippen molar-refractivity contribution in [2.24, 2.45) is 12.0 Å². The van der Waals surface area contributed by atoms with Crippen LogP contribution in [0.4, 0.5) is 0 Å². The van der Waals surface area contributed by atoms with Gasteiger partial charge in [-0.15, -0.1) is 0 Å². The topological polar surface area (TPSA) is 63.9 Å². The maximum absolute atomic E-state index is 5.72. The summed E-state index contributed by atoms with van der Waals surface area (Å²) in [5.41, 5.74) is 2.66. The summed E-state index contributed by atoms with van der Waals surface area (Å²) >= 11 is 0. The Balaban J connectivity index is 1.51. The Kier molecular flexibility index (Phi) is 7.35. The van der Waals surface area contributed by atoms with E-state index in [2.05, 4.69) is 52.7 Å². The highest BCUT2D eigenvalue weighted by Crippen LogP contribution is 2.36. The molecule has 2 aliphatic heterocycles. The summed E-state index contributed by atoms with van der Waals surface area (Å²) in [4.78, 5) is 7.59. The number of guanidine groups is 1. The van der Waals surface area contributed by atoms with Gasteiger partial charge in [0.05, 0.1) is 19.3 Å². The molecule has 0 bridgehead atoms. The van der Waals surface area contributed by atoms with Crippen LogP contribution in [0.15, 0.2) is 41.7 Å². The number of aromatic nitrogens is 2. The first kappa shape index (κ1) is 22.6. The summed E-state index contributed by atoms with van der Waals surface area (Å²) in [6, 6.07) is 8.61. The predicted molar refractivity (Wildman–Crippen MR) is 127 cm³/mol. The van der Waals surface area contributed by atoms with Gasteiger partial charge in [-0.3, -0.25) is 9.67 Å². The number of hydrogen-bond donors (Lipinski definition) is 1. The Morgan fingerprint density at radius 1 is 1.25 bits per heavy atom. The summed E-state index contributed by atoms with van der Waals surface area (Å²) in [6.07, 6.45) is 7.25. The molecule has 0 radical (unpaired) electrons. The molecule has 3 heterocycles. The van der Waals surface area contributed by atoms with E-state index in [0.717, 1.165) is 70.4 Å². The predicted octanol–water partition coefficient (Wildman–Crippen LogP) is 3.32. The fraction of sp³-hybridized carbons (Fsp3) is 0.600. The first-order valence-electron chi connectivity index (χ1n) is 12.0. The average Bonchev–Trinajstić information content (AvgIpc) is 3.47. The number of nitrogens with one attached hydrogen (secondary N) is 1. The molecule has 4 rings (SSSR count). The standard InChI is InChI=1S/C25H37N5O2/c1-4-26-24(30-13-10-20(18-30)21-16-28-29(3)17-21)27-19-25(11-14-31-15-12-25)22-6-8-23(9-7-22)32-5-2/h6-9,16-17,20H,4-5,10-15,18-19H2,1-3H3,(H,26,27). The van der Waals surface area contributed by atoms with Crippen LogP contribution >= 0.6 is 0 Å². The third-order valence-corrected chi connectivity index (χ3v) is 6.78. The minimum Gasteiger partial charge on any atom is -0.494 e. The van der Waals surface area contributed by atoms with Crippen molar-refractivity contribution in [1.29, 1.82) is 0 Å². The van der Waals surface area contributed by atoms with Gasteiger partial charge in [0.2, 0.25) is 0 Å². The van der Waals surface area contributed by atoms with Crippen molar-refractivity contribution in [3.8, 4) is 5.75 Å². The molecule has 1 unspecified atom stereocenters. The largest absolute Gasteiger partial charge is 0.494 e. The summed E-state index contributed by atoms with van der Waals surface area (Å²) in [5.74, 6) is 2.46. The van der Waals surface area contributed by atoms with Crippen LogP contribution in [0.5, 0.6) is 5.75 Å². The zero-order valence-corrected chi connectivity index (χ0v) is 19.7. The van der Waals surface area contributed by atoms with Gasteiger partial charge in [-0.25, -0.2) is 0 Å². The Bertz CT molecular complexity index is 886. The molecule has 7 heteroatoms. The number of rotatable bonds is 7.